The van der Waals surface area contributed by atoms with Crippen LogP contribution in [0.5, 0.6) is 0 Å². The summed E-state index contributed by atoms with van der Waals surface area (Å²) in [6.45, 7) is 1.63. The highest BCUT2D eigenvalue weighted by molar-refractivity contribution is 5.76. The van der Waals surface area contributed by atoms with E-state index in [2.05, 4.69) is 104 Å². The molecular weight excluding hydrogens is 1330 g/mol. The Labute approximate surface area is 634 Å². The van der Waals surface area contributed by atoms with Crippen molar-refractivity contribution in [2.45, 2.75) is 413 Å². The zero-order valence-corrected chi connectivity index (χ0v) is 65.2. The van der Waals surface area contributed by atoms with Crippen LogP contribution in [0.15, 0.2) is 97.2 Å². The number of nitrogens with one attached hydrogen (secondary N) is 1. The Hall–Kier alpha value is -3.29. The van der Waals surface area contributed by atoms with E-state index in [4.69, 9.17) is 28.4 Å². The average Bonchev–Trinajstić information content (AvgIpc) is 0.781. The number of rotatable bonds is 66. The second-order valence-corrected chi connectivity index (χ2v) is 29.6. The number of aliphatic hydroxyl groups excluding tert-OH is 11. The predicted octanol–water partition coefficient (Wildman–Crippen LogP) is 14.7. The van der Waals surface area contributed by atoms with Crippen LogP contribution < -0.4 is 5.32 Å². The summed E-state index contributed by atoms with van der Waals surface area (Å²) in [6, 6.07) is -0.993. The van der Waals surface area contributed by atoms with Crippen LogP contribution >= 0.6 is 0 Å². The maximum Gasteiger partial charge on any atom is 0.220 e. The molecule has 1 amide bonds. The summed E-state index contributed by atoms with van der Waals surface area (Å²) in [5, 5.41) is 121. The lowest BCUT2D eigenvalue weighted by molar-refractivity contribution is -0.379. The fourth-order valence-corrected chi connectivity index (χ4v) is 13.7. The molecule has 608 valence electrons. The van der Waals surface area contributed by atoms with Crippen LogP contribution in [0, 0.1) is 0 Å². The molecule has 3 fully saturated rings. The number of allylic oxidation sites excluding steroid dienone is 15. The van der Waals surface area contributed by atoms with Gasteiger partial charge in [0.2, 0.25) is 5.91 Å². The Morgan fingerprint density at radius 3 is 1.07 bits per heavy atom. The minimum absolute atomic E-state index is 0.235. The molecule has 0 aromatic rings. The molecule has 0 spiro atoms. The molecule has 3 heterocycles. The summed E-state index contributed by atoms with van der Waals surface area (Å²) in [5.74, 6) is -0.282. The second-order valence-electron chi connectivity index (χ2n) is 29.6. The smallest absolute Gasteiger partial charge is 0.220 e. The molecule has 3 aliphatic rings. The fourth-order valence-electron chi connectivity index (χ4n) is 13.7. The van der Waals surface area contributed by atoms with Gasteiger partial charge in [0.15, 0.2) is 18.9 Å². The Kier molecular flexibility index (Phi) is 59.8. The zero-order valence-electron chi connectivity index (χ0n) is 65.2. The van der Waals surface area contributed by atoms with Gasteiger partial charge in [-0.05, 0) is 83.5 Å². The summed E-state index contributed by atoms with van der Waals surface area (Å²) < 4.78 is 34.4. The maximum atomic E-state index is 13.5. The molecule has 19 heteroatoms. The van der Waals surface area contributed by atoms with E-state index in [0.29, 0.717) is 12.8 Å². The molecule has 3 rings (SSSR count). The van der Waals surface area contributed by atoms with Crippen molar-refractivity contribution in [2.24, 2.45) is 0 Å². The Balaban J connectivity index is 1.30. The van der Waals surface area contributed by atoms with Crippen LogP contribution in [0.1, 0.15) is 309 Å². The lowest BCUT2D eigenvalue weighted by Gasteiger charge is -2.48. The lowest BCUT2D eigenvalue weighted by Crippen LogP contribution is -2.66. The minimum Gasteiger partial charge on any atom is -0.394 e. The SMILES string of the molecule is CC/C=C\C/C=C\C/C=C\C/C=C\C/C=C\C/C=C\CCCCCCCCCCCCCCCCCCCCCCCCC(=O)NC(COC1OC(CO)C(OC2OC(CO)C(OC3OC(CO)C(O)C(O)C3O)C(O)C2O)C(O)C1O)C(O)/C=C/CC/C=C/CCCCCCCCCCCCCCC. The van der Waals surface area contributed by atoms with E-state index in [1.807, 2.05) is 6.08 Å². The highest BCUT2D eigenvalue weighted by Gasteiger charge is 2.54. The first kappa shape index (κ1) is 95.9. The van der Waals surface area contributed by atoms with Crippen molar-refractivity contribution in [3.05, 3.63) is 97.2 Å². The highest BCUT2D eigenvalue weighted by Crippen LogP contribution is 2.33. The first-order valence-corrected chi connectivity index (χ1v) is 42.0. The van der Waals surface area contributed by atoms with Crippen LogP contribution in [0.2, 0.25) is 0 Å². The summed E-state index contributed by atoms with van der Waals surface area (Å²) in [6.07, 6.45) is 62.7. The number of carbonyl (C=O) groups excluding carboxylic acids is 1. The van der Waals surface area contributed by atoms with Crippen molar-refractivity contribution in [3.8, 4) is 0 Å². The summed E-state index contributed by atoms with van der Waals surface area (Å²) in [4.78, 5) is 13.5. The molecular formula is C86H151NO18. The molecule has 12 N–H and O–H groups in total. The molecule has 0 aromatic heterocycles. The molecule has 17 atom stereocenters. The van der Waals surface area contributed by atoms with E-state index in [0.717, 1.165) is 77.0 Å². The first-order valence-electron chi connectivity index (χ1n) is 42.0. The van der Waals surface area contributed by atoms with E-state index in [1.54, 1.807) is 6.08 Å². The number of hydrogen-bond acceptors (Lipinski definition) is 18. The topological polar surface area (TPSA) is 307 Å². The predicted molar refractivity (Wildman–Crippen MR) is 420 cm³/mol. The quantitative estimate of drug-likeness (QED) is 0.0199. The van der Waals surface area contributed by atoms with Crippen molar-refractivity contribution < 1.29 is 89.4 Å². The number of carbonyl (C=O) groups is 1. The van der Waals surface area contributed by atoms with Gasteiger partial charge in [-0.3, -0.25) is 4.79 Å². The summed E-state index contributed by atoms with van der Waals surface area (Å²) in [7, 11) is 0. The van der Waals surface area contributed by atoms with Crippen LogP contribution in [-0.4, -0.2) is 193 Å². The number of aliphatic hydroxyl groups is 11. The van der Waals surface area contributed by atoms with Gasteiger partial charge in [0, 0.05) is 6.42 Å². The third-order valence-corrected chi connectivity index (χ3v) is 20.4. The third-order valence-electron chi connectivity index (χ3n) is 20.4. The summed E-state index contributed by atoms with van der Waals surface area (Å²) >= 11 is 0. The van der Waals surface area contributed by atoms with E-state index in [9.17, 15) is 61.0 Å². The zero-order chi connectivity index (χ0) is 76.0. The lowest BCUT2D eigenvalue weighted by atomic mass is 9.96. The molecule has 17 unspecified atom stereocenters. The van der Waals surface area contributed by atoms with Crippen molar-refractivity contribution in [3.63, 3.8) is 0 Å². The van der Waals surface area contributed by atoms with Gasteiger partial charge in [-0.15, -0.1) is 0 Å². The summed E-state index contributed by atoms with van der Waals surface area (Å²) in [5.41, 5.74) is 0. The van der Waals surface area contributed by atoms with Crippen LogP contribution in [0.4, 0.5) is 0 Å². The largest absolute Gasteiger partial charge is 0.394 e. The van der Waals surface area contributed by atoms with E-state index in [-0.39, 0.29) is 18.9 Å². The van der Waals surface area contributed by atoms with Gasteiger partial charge in [0.05, 0.1) is 38.6 Å². The van der Waals surface area contributed by atoms with Crippen molar-refractivity contribution in [1.82, 2.24) is 5.32 Å². The normalized spacial score (nSPS) is 26.3. The molecule has 3 aliphatic heterocycles. The van der Waals surface area contributed by atoms with Crippen LogP contribution in [0.3, 0.4) is 0 Å². The molecule has 105 heavy (non-hydrogen) atoms. The number of hydrogen-bond donors (Lipinski definition) is 12. The van der Waals surface area contributed by atoms with E-state index in [1.165, 1.54) is 199 Å². The standard InChI is InChI=1S/C86H151NO18/c1-3-5-7-9-11-13-15-17-19-21-23-24-25-26-27-28-29-30-31-32-33-34-35-36-37-38-39-40-41-42-43-44-46-48-50-52-54-56-58-60-62-64-74(92)87-69(70(91)63-61-59-57-55-53-51-49-47-45-22-20-18-16-14-12-10-8-6-4-2)68-100-84-80(98)77(95)82(72(66-89)102-84)105-86-81(99)78(96)83(73(67-90)103-86)104-85-79(97)76(94)75(93)71(65-88)101-85/h5,7,11,13,17,19,23-24,26-27,29-30,53,55,61,63,69-73,75-86,88-91,93-99H,3-4,6,8-10,12,14-16,18,20-22,25,28,31-52,54,56-60,62,64-68H2,1-2H3,(H,87,92)/b7-5-,13-11-,19-17-,24-23-,27-26-,30-29-,55-53+,63-61+. The molecule has 0 aromatic carbocycles. The first-order chi connectivity index (χ1) is 51.3. The number of ether oxygens (including phenoxy) is 6. The number of unbranched alkanes of at least 4 members (excludes halogenated alkanes) is 36. The van der Waals surface area contributed by atoms with Gasteiger partial charge in [-0.1, -0.05) is 317 Å². The number of amides is 1. The van der Waals surface area contributed by atoms with E-state index >= 15 is 0 Å². The maximum absolute atomic E-state index is 13.5. The van der Waals surface area contributed by atoms with Gasteiger partial charge in [0.25, 0.3) is 0 Å². The van der Waals surface area contributed by atoms with Gasteiger partial charge in [-0.25, -0.2) is 0 Å². The highest BCUT2D eigenvalue weighted by atomic mass is 16.8. The Morgan fingerprint density at radius 2 is 0.667 bits per heavy atom. The fraction of sp³-hybridized carbons (Fsp3) is 0.802. The van der Waals surface area contributed by atoms with Crippen molar-refractivity contribution in [1.29, 1.82) is 0 Å². The van der Waals surface area contributed by atoms with Crippen molar-refractivity contribution in [2.75, 3.05) is 26.4 Å². The van der Waals surface area contributed by atoms with Crippen molar-refractivity contribution >= 4 is 5.91 Å². The third kappa shape index (κ3) is 45.0. The van der Waals surface area contributed by atoms with Crippen LogP contribution in [-0.2, 0) is 33.2 Å². The Bertz CT molecular complexity index is 2270. The molecule has 0 saturated carbocycles. The molecule has 0 bridgehead atoms. The monoisotopic (exact) mass is 1490 g/mol. The molecule has 0 radical (unpaired) electrons. The van der Waals surface area contributed by atoms with Gasteiger partial charge in [-0.2, -0.15) is 0 Å². The second kappa shape index (κ2) is 65.4. The molecule has 0 aliphatic carbocycles. The van der Waals surface area contributed by atoms with Crippen LogP contribution in [0.25, 0.3) is 0 Å². The van der Waals surface area contributed by atoms with E-state index < -0.39 is 124 Å². The average molecular weight is 1490 g/mol. The molecule has 3 saturated heterocycles. The van der Waals surface area contributed by atoms with Gasteiger partial charge >= 0.3 is 0 Å². The van der Waals surface area contributed by atoms with Gasteiger partial charge < -0.3 is 89.9 Å². The minimum atomic E-state index is -1.98. The molecule has 19 nitrogen and oxygen atoms in total. The van der Waals surface area contributed by atoms with Gasteiger partial charge in [0.1, 0.15) is 73.2 Å². The Morgan fingerprint density at radius 1 is 0.352 bits per heavy atom.